The Bertz CT molecular complexity index is 425. The minimum atomic E-state index is -0.990. The van der Waals surface area contributed by atoms with Crippen LogP contribution in [0.1, 0.15) is 19.4 Å². The fourth-order valence-electron chi connectivity index (χ4n) is 1.25. The summed E-state index contributed by atoms with van der Waals surface area (Å²) in [5.41, 5.74) is -0.396. The largest absolute Gasteiger partial charge is 0.497 e. The molecule has 18 heavy (non-hydrogen) atoms. The van der Waals surface area contributed by atoms with Crippen molar-refractivity contribution in [1.29, 1.82) is 0 Å². The fourth-order valence-corrected chi connectivity index (χ4v) is 1.25. The molecular weight excluding hydrogens is 236 g/mol. The van der Waals surface area contributed by atoms with E-state index in [2.05, 4.69) is 0 Å². The van der Waals surface area contributed by atoms with Crippen LogP contribution < -0.4 is 9.47 Å². The van der Waals surface area contributed by atoms with Crippen LogP contribution in [0.15, 0.2) is 18.2 Å². The van der Waals surface area contributed by atoms with Crippen molar-refractivity contribution in [3.8, 4) is 11.5 Å². The number of benzene rings is 1. The lowest BCUT2D eigenvalue weighted by Gasteiger charge is -2.20. The summed E-state index contributed by atoms with van der Waals surface area (Å²) < 4.78 is 10.5. The van der Waals surface area contributed by atoms with Gasteiger partial charge in [0.15, 0.2) is 0 Å². The summed E-state index contributed by atoms with van der Waals surface area (Å²) in [6.07, 6.45) is 0. The minimum Gasteiger partial charge on any atom is -0.497 e. The molecule has 0 aliphatic heterocycles. The molecule has 0 fully saturated rings. The summed E-state index contributed by atoms with van der Waals surface area (Å²) in [7, 11) is 1.53. The number of carboxylic acids is 1. The van der Waals surface area contributed by atoms with Gasteiger partial charge in [-0.05, 0) is 26.0 Å². The third kappa shape index (κ3) is 3.37. The predicted molar refractivity (Wildman–Crippen MR) is 65.8 cm³/mol. The van der Waals surface area contributed by atoms with Gasteiger partial charge in [-0.15, -0.1) is 0 Å². The van der Waals surface area contributed by atoms with Gasteiger partial charge in [0.2, 0.25) is 0 Å². The van der Waals surface area contributed by atoms with Crippen molar-refractivity contribution in [1.82, 2.24) is 0 Å². The SMILES string of the molecule is COc1ccc(CO)c(OCC(C)(C)C(=O)O)c1. The van der Waals surface area contributed by atoms with E-state index in [1.807, 2.05) is 0 Å². The highest BCUT2D eigenvalue weighted by Gasteiger charge is 2.28. The molecule has 0 aliphatic rings. The molecule has 0 aromatic heterocycles. The maximum atomic E-state index is 11.0. The molecule has 0 spiro atoms. The molecule has 0 saturated carbocycles. The molecule has 0 unspecified atom stereocenters. The van der Waals surface area contributed by atoms with Crippen LogP contribution in [0.2, 0.25) is 0 Å². The zero-order valence-corrected chi connectivity index (χ0v) is 10.8. The highest BCUT2D eigenvalue weighted by molar-refractivity contribution is 5.73. The molecule has 0 heterocycles. The summed E-state index contributed by atoms with van der Waals surface area (Å²) in [6.45, 7) is 3.00. The van der Waals surface area contributed by atoms with Gasteiger partial charge in [-0.2, -0.15) is 0 Å². The van der Waals surface area contributed by atoms with Crippen LogP contribution in [0.5, 0.6) is 11.5 Å². The molecular formula is C13H18O5. The quantitative estimate of drug-likeness (QED) is 0.807. The van der Waals surface area contributed by atoms with Crippen molar-refractivity contribution in [3.63, 3.8) is 0 Å². The Hall–Kier alpha value is -1.75. The molecule has 100 valence electrons. The first-order valence-corrected chi connectivity index (χ1v) is 5.54. The number of methoxy groups -OCH3 is 1. The van der Waals surface area contributed by atoms with E-state index in [-0.39, 0.29) is 13.2 Å². The highest BCUT2D eigenvalue weighted by atomic mass is 16.5. The number of rotatable bonds is 6. The summed E-state index contributed by atoms with van der Waals surface area (Å²) in [4.78, 5) is 11.0. The number of carboxylic acid groups (broad SMARTS) is 1. The van der Waals surface area contributed by atoms with E-state index < -0.39 is 11.4 Å². The Balaban J connectivity index is 2.86. The molecule has 2 N–H and O–H groups in total. The lowest BCUT2D eigenvalue weighted by Crippen LogP contribution is -2.30. The van der Waals surface area contributed by atoms with Crippen LogP contribution in [-0.4, -0.2) is 29.9 Å². The summed E-state index contributed by atoms with van der Waals surface area (Å²) in [5, 5.41) is 18.2. The van der Waals surface area contributed by atoms with Gasteiger partial charge in [0, 0.05) is 11.6 Å². The number of hydrogen-bond donors (Lipinski definition) is 2. The zero-order chi connectivity index (χ0) is 13.8. The fraction of sp³-hybridized carbons (Fsp3) is 0.462. The molecule has 5 heteroatoms. The second-order valence-corrected chi connectivity index (χ2v) is 4.61. The average Bonchev–Trinajstić information content (AvgIpc) is 2.35. The van der Waals surface area contributed by atoms with E-state index in [1.165, 1.54) is 7.11 Å². The summed E-state index contributed by atoms with van der Waals surface area (Å²) in [6, 6.07) is 5.02. The van der Waals surface area contributed by atoms with E-state index in [9.17, 15) is 9.90 Å². The van der Waals surface area contributed by atoms with Crippen LogP contribution in [0, 0.1) is 5.41 Å². The van der Waals surface area contributed by atoms with Crippen LogP contribution in [0.3, 0.4) is 0 Å². The lowest BCUT2D eigenvalue weighted by atomic mass is 9.95. The van der Waals surface area contributed by atoms with Gasteiger partial charge < -0.3 is 19.7 Å². The predicted octanol–water partition coefficient (Wildman–Crippen LogP) is 1.68. The molecule has 0 aliphatic carbocycles. The first-order chi connectivity index (χ1) is 8.40. The maximum absolute atomic E-state index is 11.0. The molecule has 0 bridgehead atoms. The highest BCUT2D eigenvalue weighted by Crippen LogP contribution is 2.27. The van der Waals surface area contributed by atoms with Gasteiger partial charge in [0.25, 0.3) is 0 Å². The Labute approximate surface area is 106 Å². The van der Waals surface area contributed by atoms with E-state index in [4.69, 9.17) is 14.6 Å². The van der Waals surface area contributed by atoms with Crippen molar-refractivity contribution in [2.75, 3.05) is 13.7 Å². The number of carbonyl (C=O) groups is 1. The van der Waals surface area contributed by atoms with E-state index >= 15 is 0 Å². The molecule has 0 atom stereocenters. The van der Waals surface area contributed by atoms with Crippen LogP contribution in [-0.2, 0) is 11.4 Å². The molecule has 5 nitrogen and oxygen atoms in total. The van der Waals surface area contributed by atoms with E-state index in [0.717, 1.165) is 0 Å². The van der Waals surface area contributed by atoms with Gasteiger partial charge in [0.05, 0.1) is 19.1 Å². The standard InChI is InChI=1S/C13H18O5/c1-13(2,12(15)16)8-18-11-6-10(17-3)5-4-9(11)7-14/h4-6,14H,7-8H2,1-3H3,(H,15,16). The van der Waals surface area contributed by atoms with Gasteiger partial charge in [-0.25, -0.2) is 0 Å². The second-order valence-electron chi connectivity index (χ2n) is 4.61. The molecule has 0 radical (unpaired) electrons. The summed E-state index contributed by atoms with van der Waals surface area (Å²) in [5.74, 6) is 0.0949. The molecule has 0 amide bonds. The minimum absolute atomic E-state index is 0.0164. The zero-order valence-electron chi connectivity index (χ0n) is 10.8. The Morgan fingerprint density at radius 2 is 2.06 bits per heavy atom. The van der Waals surface area contributed by atoms with Gasteiger partial charge in [-0.3, -0.25) is 4.79 Å². The smallest absolute Gasteiger partial charge is 0.312 e. The van der Waals surface area contributed by atoms with E-state index in [1.54, 1.807) is 32.0 Å². The van der Waals surface area contributed by atoms with Crippen molar-refractivity contribution < 1.29 is 24.5 Å². The number of hydrogen-bond acceptors (Lipinski definition) is 4. The third-order valence-corrected chi connectivity index (χ3v) is 2.61. The Kier molecular flexibility index (Phi) is 4.55. The Morgan fingerprint density at radius 1 is 1.39 bits per heavy atom. The average molecular weight is 254 g/mol. The van der Waals surface area contributed by atoms with Crippen molar-refractivity contribution in [2.24, 2.45) is 5.41 Å². The van der Waals surface area contributed by atoms with Gasteiger partial charge >= 0.3 is 5.97 Å². The number of aliphatic carboxylic acids is 1. The monoisotopic (exact) mass is 254 g/mol. The topological polar surface area (TPSA) is 76.0 Å². The van der Waals surface area contributed by atoms with Gasteiger partial charge in [0.1, 0.15) is 18.1 Å². The molecule has 1 rings (SSSR count). The van der Waals surface area contributed by atoms with Crippen LogP contribution in [0.25, 0.3) is 0 Å². The van der Waals surface area contributed by atoms with Gasteiger partial charge in [-0.1, -0.05) is 0 Å². The second kappa shape index (κ2) is 5.73. The number of ether oxygens (including phenoxy) is 2. The van der Waals surface area contributed by atoms with Crippen molar-refractivity contribution in [3.05, 3.63) is 23.8 Å². The molecule has 1 aromatic rings. The maximum Gasteiger partial charge on any atom is 0.312 e. The normalized spacial score (nSPS) is 11.1. The Morgan fingerprint density at radius 3 is 2.56 bits per heavy atom. The lowest BCUT2D eigenvalue weighted by molar-refractivity contribution is -0.148. The first kappa shape index (κ1) is 14.3. The number of aliphatic hydroxyl groups is 1. The third-order valence-electron chi connectivity index (χ3n) is 2.61. The van der Waals surface area contributed by atoms with Crippen molar-refractivity contribution >= 4 is 5.97 Å². The van der Waals surface area contributed by atoms with E-state index in [0.29, 0.717) is 17.1 Å². The van der Waals surface area contributed by atoms with Crippen LogP contribution >= 0.6 is 0 Å². The summed E-state index contributed by atoms with van der Waals surface area (Å²) >= 11 is 0. The first-order valence-electron chi connectivity index (χ1n) is 5.54. The molecule has 1 aromatic carbocycles. The number of aliphatic hydroxyl groups excluding tert-OH is 1. The van der Waals surface area contributed by atoms with Crippen LogP contribution in [0.4, 0.5) is 0 Å². The molecule has 0 saturated heterocycles. The van der Waals surface area contributed by atoms with Crippen molar-refractivity contribution in [2.45, 2.75) is 20.5 Å².